The molecule has 0 aliphatic rings. The number of carbonyl (C=O) groups is 1. The van der Waals surface area contributed by atoms with Gasteiger partial charge in [-0.05, 0) is 30.3 Å². The number of hydrogen-bond donors (Lipinski definition) is 2. The summed E-state index contributed by atoms with van der Waals surface area (Å²) in [7, 11) is 1.62. The van der Waals surface area contributed by atoms with E-state index in [2.05, 4.69) is 5.32 Å². The SMILES string of the molecule is CNC(C(=O)O)c1cccc(OCc2ccccc2)c1. The number of hydrogen-bond acceptors (Lipinski definition) is 3. The Morgan fingerprint density at radius 3 is 2.60 bits per heavy atom. The van der Waals surface area contributed by atoms with Gasteiger partial charge in [0.2, 0.25) is 0 Å². The number of benzene rings is 2. The molecule has 0 bridgehead atoms. The first-order chi connectivity index (χ1) is 9.70. The quantitative estimate of drug-likeness (QED) is 0.848. The third kappa shape index (κ3) is 3.59. The van der Waals surface area contributed by atoms with E-state index in [1.807, 2.05) is 36.4 Å². The van der Waals surface area contributed by atoms with Gasteiger partial charge < -0.3 is 15.2 Å². The average Bonchev–Trinajstić information content (AvgIpc) is 2.47. The third-order valence-corrected chi connectivity index (χ3v) is 2.98. The number of likely N-dealkylation sites (N-methyl/N-ethyl adjacent to an activating group) is 1. The third-order valence-electron chi connectivity index (χ3n) is 2.98. The van der Waals surface area contributed by atoms with Crippen molar-refractivity contribution in [3.63, 3.8) is 0 Å². The fraction of sp³-hybridized carbons (Fsp3) is 0.188. The van der Waals surface area contributed by atoms with Crippen molar-refractivity contribution >= 4 is 5.97 Å². The highest BCUT2D eigenvalue weighted by Crippen LogP contribution is 2.20. The zero-order valence-electron chi connectivity index (χ0n) is 11.2. The summed E-state index contributed by atoms with van der Waals surface area (Å²) in [6.45, 7) is 0.460. The predicted molar refractivity (Wildman–Crippen MR) is 76.7 cm³/mol. The highest BCUT2D eigenvalue weighted by molar-refractivity contribution is 5.75. The predicted octanol–water partition coefficient (Wildman–Crippen LogP) is 2.61. The van der Waals surface area contributed by atoms with Crippen LogP contribution in [0.5, 0.6) is 5.75 Å². The number of nitrogens with one attached hydrogen (secondary N) is 1. The maximum absolute atomic E-state index is 11.1. The highest BCUT2D eigenvalue weighted by atomic mass is 16.5. The molecule has 0 aromatic heterocycles. The van der Waals surface area contributed by atoms with E-state index in [4.69, 9.17) is 9.84 Å². The molecule has 0 saturated carbocycles. The molecule has 2 aromatic rings. The summed E-state index contributed by atoms with van der Waals surface area (Å²) >= 11 is 0. The second-order valence-corrected chi connectivity index (χ2v) is 4.41. The Labute approximate surface area is 118 Å². The zero-order chi connectivity index (χ0) is 14.4. The maximum Gasteiger partial charge on any atom is 0.325 e. The van der Waals surface area contributed by atoms with Gasteiger partial charge in [0.05, 0.1) is 0 Å². The number of rotatable bonds is 6. The van der Waals surface area contributed by atoms with Crippen LogP contribution < -0.4 is 10.1 Å². The van der Waals surface area contributed by atoms with E-state index in [9.17, 15) is 4.79 Å². The van der Waals surface area contributed by atoms with E-state index < -0.39 is 12.0 Å². The molecule has 0 amide bonds. The lowest BCUT2D eigenvalue weighted by molar-refractivity contribution is -0.139. The van der Waals surface area contributed by atoms with Gasteiger partial charge in [-0.3, -0.25) is 4.79 Å². The molecule has 0 heterocycles. The summed E-state index contributed by atoms with van der Waals surface area (Å²) in [6, 6.07) is 16.2. The van der Waals surface area contributed by atoms with Crippen LogP contribution in [0.15, 0.2) is 54.6 Å². The lowest BCUT2D eigenvalue weighted by atomic mass is 10.1. The average molecular weight is 271 g/mol. The van der Waals surface area contributed by atoms with Gasteiger partial charge >= 0.3 is 5.97 Å². The molecule has 0 spiro atoms. The summed E-state index contributed by atoms with van der Waals surface area (Å²) in [6.07, 6.45) is 0. The van der Waals surface area contributed by atoms with Crippen molar-refractivity contribution in [1.29, 1.82) is 0 Å². The summed E-state index contributed by atoms with van der Waals surface area (Å²) in [5.41, 5.74) is 1.74. The Balaban J connectivity index is 2.08. The van der Waals surface area contributed by atoms with Crippen molar-refractivity contribution in [2.75, 3.05) is 7.05 Å². The van der Waals surface area contributed by atoms with Crippen LogP contribution >= 0.6 is 0 Å². The molecule has 0 saturated heterocycles. The van der Waals surface area contributed by atoms with Crippen molar-refractivity contribution in [3.05, 3.63) is 65.7 Å². The molecule has 2 rings (SSSR count). The van der Waals surface area contributed by atoms with Crippen LogP contribution in [0.1, 0.15) is 17.2 Å². The van der Waals surface area contributed by atoms with E-state index in [0.29, 0.717) is 17.9 Å². The molecule has 104 valence electrons. The molecule has 2 aromatic carbocycles. The summed E-state index contributed by atoms with van der Waals surface area (Å²) < 4.78 is 5.69. The molecule has 2 N–H and O–H groups in total. The van der Waals surface area contributed by atoms with E-state index in [-0.39, 0.29) is 0 Å². The fourth-order valence-electron chi connectivity index (χ4n) is 1.96. The van der Waals surface area contributed by atoms with Gasteiger partial charge in [0, 0.05) is 0 Å². The molecule has 4 heteroatoms. The summed E-state index contributed by atoms with van der Waals surface area (Å²) in [5, 5.41) is 11.9. The first-order valence-electron chi connectivity index (χ1n) is 6.37. The van der Waals surface area contributed by atoms with Gasteiger partial charge in [0.25, 0.3) is 0 Å². The topological polar surface area (TPSA) is 58.6 Å². The van der Waals surface area contributed by atoms with Gasteiger partial charge in [-0.15, -0.1) is 0 Å². The largest absolute Gasteiger partial charge is 0.489 e. The first kappa shape index (κ1) is 14.1. The minimum absolute atomic E-state index is 0.460. The molecule has 1 unspecified atom stereocenters. The van der Waals surface area contributed by atoms with Crippen molar-refractivity contribution in [2.24, 2.45) is 0 Å². The van der Waals surface area contributed by atoms with E-state index >= 15 is 0 Å². The minimum atomic E-state index is -0.910. The zero-order valence-corrected chi connectivity index (χ0v) is 11.2. The molecule has 0 fully saturated rings. The van der Waals surface area contributed by atoms with Crippen LogP contribution in [0.2, 0.25) is 0 Å². The van der Waals surface area contributed by atoms with Crippen molar-refractivity contribution in [1.82, 2.24) is 5.32 Å². The number of ether oxygens (including phenoxy) is 1. The normalized spacial score (nSPS) is 11.8. The molecular weight excluding hydrogens is 254 g/mol. The van der Waals surface area contributed by atoms with E-state index in [1.54, 1.807) is 25.2 Å². The second kappa shape index (κ2) is 6.73. The van der Waals surface area contributed by atoms with Crippen LogP contribution in [-0.2, 0) is 11.4 Å². The van der Waals surface area contributed by atoms with Crippen molar-refractivity contribution < 1.29 is 14.6 Å². The number of aliphatic carboxylic acids is 1. The molecular formula is C16H17NO3. The van der Waals surface area contributed by atoms with E-state index in [0.717, 1.165) is 5.56 Å². The van der Waals surface area contributed by atoms with Gasteiger partial charge in [-0.1, -0.05) is 42.5 Å². The summed E-state index contributed by atoms with van der Waals surface area (Å²) in [5.74, 6) is -0.249. The van der Waals surface area contributed by atoms with Gasteiger partial charge in [-0.2, -0.15) is 0 Å². The smallest absolute Gasteiger partial charge is 0.325 e. The molecule has 0 aliphatic carbocycles. The van der Waals surface area contributed by atoms with Gasteiger partial charge in [0.1, 0.15) is 18.4 Å². The Morgan fingerprint density at radius 1 is 1.20 bits per heavy atom. The second-order valence-electron chi connectivity index (χ2n) is 4.41. The maximum atomic E-state index is 11.1. The molecule has 1 atom stereocenters. The van der Waals surface area contributed by atoms with Crippen LogP contribution in [-0.4, -0.2) is 18.1 Å². The van der Waals surface area contributed by atoms with E-state index in [1.165, 1.54) is 0 Å². The monoisotopic (exact) mass is 271 g/mol. The number of carboxylic acids is 1. The van der Waals surface area contributed by atoms with Gasteiger partial charge in [-0.25, -0.2) is 0 Å². The highest BCUT2D eigenvalue weighted by Gasteiger charge is 2.17. The molecule has 20 heavy (non-hydrogen) atoms. The standard InChI is InChI=1S/C16H17NO3/c1-17-15(16(18)19)13-8-5-9-14(10-13)20-11-12-6-3-2-4-7-12/h2-10,15,17H,11H2,1H3,(H,18,19). The fourth-order valence-corrected chi connectivity index (χ4v) is 1.96. The van der Waals surface area contributed by atoms with Crippen LogP contribution in [0.3, 0.4) is 0 Å². The van der Waals surface area contributed by atoms with Gasteiger partial charge in [0.15, 0.2) is 0 Å². The number of carboxylic acid groups (broad SMARTS) is 1. The van der Waals surface area contributed by atoms with Crippen LogP contribution in [0, 0.1) is 0 Å². The van der Waals surface area contributed by atoms with Crippen LogP contribution in [0.25, 0.3) is 0 Å². The lowest BCUT2D eigenvalue weighted by Gasteiger charge is -2.13. The molecule has 4 nitrogen and oxygen atoms in total. The first-order valence-corrected chi connectivity index (χ1v) is 6.37. The Morgan fingerprint density at radius 2 is 1.95 bits per heavy atom. The summed E-state index contributed by atoms with van der Waals surface area (Å²) in [4.78, 5) is 11.1. The minimum Gasteiger partial charge on any atom is -0.489 e. The Kier molecular flexibility index (Phi) is 4.74. The molecule has 0 radical (unpaired) electrons. The Hall–Kier alpha value is -2.33. The van der Waals surface area contributed by atoms with Crippen LogP contribution in [0.4, 0.5) is 0 Å². The lowest BCUT2D eigenvalue weighted by Crippen LogP contribution is -2.24. The van der Waals surface area contributed by atoms with Crippen molar-refractivity contribution in [3.8, 4) is 5.75 Å². The Bertz CT molecular complexity index is 569. The van der Waals surface area contributed by atoms with Crippen molar-refractivity contribution in [2.45, 2.75) is 12.6 Å². The molecule has 0 aliphatic heterocycles.